The van der Waals surface area contributed by atoms with E-state index < -0.39 is 0 Å². The number of nitriles is 1. The highest BCUT2D eigenvalue weighted by atomic mass is 15.2. The van der Waals surface area contributed by atoms with Gasteiger partial charge < -0.3 is 15.2 Å². The second-order valence-electron chi connectivity index (χ2n) is 4.06. The van der Waals surface area contributed by atoms with Gasteiger partial charge in [-0.3, -0.25) is 0 Å². The van der Waals surface area contributed by atoms with E-state index in [1.54, 1.807) is 12.3 Å². The average Bonchev–Trinajstić information content (AvgIpc) is 2.74. The second kappa shape index (κ2) is 4.75. The maximum absolute atomic E-state index is 8.76. The van der Waals surface area contributed by atoms with E-state index in [0.717, 1.165) is 5.82 Å². The maximum Gasteiger partial charge on any atom is 0.152 e. The van der Waals surface area contributed by atoms with Crippen molar-refractivity contribution in [3.63, 3.8) is 0 Å². The van der Waals surface area contributed by atoms with Crippen LogP contribution in [0.25, 0.3) is 0 Å². The Labute approximate surface area is 105 Å². The van der Waals surface area contributed by atoms with E-state index in [0.29, 0.717) is 23.6 Å². The van der Waals surface area contributed by atoms with Crippen molar-refractivity contribution in [3.05, 3.63) is 36.0 Å². The van der Waals surface area contributed by atoms with Crippen LogP contribution in [-0.4, -0.2) is 21.6 Å². The minimum absolute atomic E-state index is 0.460. The molecule has 0 amide bonds. The largest absolute Gasteiger partial charge is 0.396 e. The van der Waals surface area contributed by atoms with E-state index in [1.807, 2.05) is 35.8 Å². The maximum atomic E-state index is 8.76. The Bertz CT molecular complexity index is 595. The predicted octanol–water partition coefficient (Wildman–Crippen LogP) is 0.905. The summed E-state index contributed by atoms with van der Waals surface area (Å²) in [6.07, 6.45) is 5.15. The van der Waals surface area contributed by atoms with Gasteiger partial charge in [-0.2, -0.15) is 5.26 Å². The molecule has 2 N–H and O–H groups in total. The molecular formula is C12H14N6. The molecule has 2 heterocycles. The lowest BCUT2D eigenvalue weighted by Gasteiger charge is -2.19. The lowest BCUT2D eigenvalue weighted by Crippen LogP contribution is -2.21. The first kappa shape index (κ1) is 11.9. The molecule has 0 unspecified atom stereocenters. The summed E-state index contributed by atoms with van der Waals surface area (Å²) in [7, 11) is 3.82. The molecule has 0 saturated carbocycles. The number of nitrogens with two attached hydrogens (primary N) is 1. The van der Waals surface area contributed by atoms with E-state index in [9.17, 15) is 0 Å². The molecule has 0 radical (unpaired) electrons. The fourth-order valence-corrected chi connectivity index (χ4v) is 1.69. The van der Waals surface area contributed by atoms with Crippen molar-refractivity contribution in [2.24, 2.45) is 7.05 Å². The number of nitrogen functional groups attached to an aromatic ring is 1. The Morgan fingerprint density at radius 1 is 1.50 bits per heavy atom. The number of nitrogens with zero attached hydrogens (tertiary/aromatic N) is 5. The quantitative estimate of drug-likeness (QED) is 0.864. The standard InChI is InChI=1S/C12H14N6/c1-17-4-3-15-11(17)8-18(2)12-10(14)5-9(6-13)7-16-12/h3-5,7H,8,14H2,1-2H3. The summed E-state index contributed by atoms with van der Waals surface area (Å²) in [4.78, 5) is 10.3. The summed E-state index contributed by atoms with van der Waals surface area (Å²) in [5.74, 6) is 1.57. The molecule has 0 bridgehead atoms. The minimum Gasteiger partial charge on any atom is -0.396 e. The molecule has 0 fully saturated rings. The van der Waals surface area contributed by atoms with Gasteiger partial charge in [0.1, 0.15) is 11.9 Å². The lowest BCUT2D eigenvalue weighted by atomic mass is 10.2. The lowest BCUT2D eigenvalue weighted by molar-refractivity contribution is 0.756. The number of pyridine rings is 1. The monoisotopic (exact) mass is 242 g/mol. The zero-order chi connectivity index (χ0) is 13.1. The van der Waals surface area contributed by atoms with Gasteiger partial charge in [-0.25, -0.2) is 9.97 Å². The normalized spacial score (nSPS) is 10.1. The van der Waals surface area contributed by atoms with Crippen LogP contribution < -0.4 is 10.6 Å². The molecule has 0 aliphatic heterocycles. The topological polar surface area (TPSA) is 83.8 Å². The highest BCUT2D eigenvalue weighted by molar-refractivity contribution is 5.64. The Kier molecular flexibility index (Phi) is 3.15. The fourth-order valence-electron chi connectivity index (χ4n) is 1.69. The number of imidazole rings is 1. The number of hydrogen-bond donors (Lipinski definition) is 1. The molecule has 0 spiro atoms. The molecule has 0 aromatic carbocycles. The van der Waals surface area contributed by atoms with Crippen LogP contribution in [0.3, 0.4) is 0 Å². The van der Waals surface area contributed by atoms with E-state index in [4.69, 9.17) is 11.0 Å². The van der Waals surface area contributed by atoms with Gasteiger partial charge in [0.2, 0.25) is 0 Å². The molecule has 0 saturated heterocycles. The zero-order valence-electron chi connectivity index (χ0n) is 10.3. The summed E-state index contributed by atoms with van der Waals surface area (Å²) in [5.41, 5.74) is 6.83. The van der Waals surface area contributed by atoms with Crippen LogP contribution in [0.1, 0.15) is 11.4 Å². The first-order chi connectivity index (χ1) is 8.61. The van der Waals surface area contributed by atoms with Gasteiger partial charge in [-0.1, -0.05) is 0 Å². The number of rotatable bonds is 3. The van der Waals surface area contributed by atoms with Gasteiger partial charge in [-0.05, 0) is 6.07 Å². The first-order valence-corrected chi connectivity index (χ1v) is 5.44. The predicted molar refractivity (Wildman–Crippen MR) is 68.7 cm³/mol. The Balaban J connectivity index is 2.22. The Hall–Kier alpha value is -2.55. The van der Waals surface area contributed by atoms with E-state index in [1.165, 1.54) is 6.20 Å². The average molecular weight is 242 g/mol. The van der Waals surface area contributed by atoms with Gasteiger partial charge in [-0.15, -0.1) is 0 Å². The number of anilines is 2. The molecule has 18 heavy (non-hydrogen) atoms. The molecule has 6 heteroatoms. The molecule has 2 rings (SSSR count). The molecule has 2 aromatic rings. The molecule has 0 atom stereocenters. The highest BCUT2D eigenvalue weighted by Crippen LogP contribution is 2.20. The summed E-state index contributed by atoms with van der Waals surface area (Å²) in [5, 5.41) is 8.76. The summed E-state index contributed by atoms with van der Waals surface area (Å²) in [6, 6.07) is 3.63. The first-order valence-electron chi connectivity index (χ1n) is 5.44. The van der Waals surface area contributed by atoms with Crippen molar-refractivity contribution in [1.29, 1.82) is 5.26 Å². The van der Waals surface area contributed by atoms with Crippen LogP contribution in [-0.2, 0) is 13.6 Å². The van der Waals surface area contributed by atoms with Crippen molar-refractivity contribution in [2.75, 3.05) is 17.7 Å². The van der Waals surface area contributed by atoms with Crippen molar-refractivity contribution in [2.45, 2.75) is 6.54 Å². The molecule has 92 valence electrons. The van der Waals surface area contributed by atoms with Crippen LogP contribution in [0.15, 0.2) is 24.7 Å². The summed E-state index contributed by atoms with van der Waals surface area (Å²) < 4.78 is 1.94. The molecule has 6 nitrogen and oxygen atoms in total. The van der Waals surface area contributed by atoms with Crippen LogP contribution in [0.2, 0.25) is 0 Å². The third-order valence-corrected chi connectivity index (χ3v) is 2.69. The van der Waals surface area contributed by atoms with Crippen molar-refractivity contribution >= 4 is 11.5 Å². The van der Waals surface area contributed by atoms with Gasteiger partial charge in [0.05, 0.1) is 17.8 Å². The van der Waals surface area contributed by atoms with Gasteiger partial charge in [0.25, 0.3) is 0 Å². The number of aromatic nitrogens is 3. The Morgan fingerprint density at radius 2 is 2.28 bits per heavy atom. The van der Waals surface area contributed by atoms with Crippen LogP contribution >= 0.6 is 0 Å². The zero-order valence-corrected chi connectivity index (χ0v) is 10.3. The van der Waals surface area contributed by atoms with Crippen molar-refractivity contribution in [1.82, 2.24) is 14.5 Å². The van der Waals surface area contributed by atoms with E-state index >= 15 is 0 Å². The fraction of sp³-hybridized carbons (Fsp3) is 0.250. The van der Waals surface area contributed by atoms with E-state index in [-0.39, 0.29) is 0 Å². The molecule has 0 aliphatic rings. The minimum atomic E-state index is 0.460. The van der Waals surface area contributed by atoms with Crippen molar-refractivity contribution < 1.29 is 0 Å². The van der Waals surface area contributed by atoms with Crippen LogP contribution in [0.5, 0.6) is 0 Å². The van der Waals surface area contributed by atoms with Gasteiger partial charge >= 0.3 is 0 Å². The third kappa shape index (κ3) is 2.25. The molecule has 2 aromatic heterocycles. The van der Waals surface area contributed by atoms with Gasteiger partial charge in [0.15, 0.2) is 5.82 Å². The van der Waals surface area contributed by atoms with Crippen LogP contribution in [0, 0.1) is 11.3 Å². The summed E-state index contributed by atoms with van der Waals surface area (Å²) >= 11 is 0. The second-order valence-corrected chi connectivity index (χ2v) is 4.06. The van der Waals surface area contributed by atoms with Crippen LogP contribution in [0.4, 0.5) is 11.5 Å². The smallest absolute Gasteiger partial charge is 0.152 e. The SMILES string of the molecule is CN(Cc1nccn1C)c1ncc(C#N)cc1N. The Morgan fingerprint density at radius 3 is 2.83 bits per heavy atom. The van der Waals surface area contributed by atoms with E-state index in [2.05, 4.69) is 9.97 Å². The summed E-state index contributed by atoms with van der Waals surface area (Å²) in [6.45, 7) is 0.604. The highest BCUT2D eigenvalue weighted by Gasteiger charge is 2.10. The number of hydrogen-bond acceptors (Lipinski definition) is 5. The number of aryl methyl sites for hydroxylation is 1. The van der Waals surface area contributed by atoms with Crippen molar-refractivity contribution in [3.8, 4) is 6.07 Å². The molecule has 0 aliphatic carbocycles. The third-order valence-electron chi connectivity index (χ3n) is 2.69. The molecular weight excluding hydrogens is 228 g/mol. The van der Waals surface area contributed by atoms with Gasteiger partial charge in [0, 0.05) is 32.7 Å².